The molecule has 0 saturated carbocycles. The van der Waals surface area contributed by atoms with Crippen LogP contribution in [0.2, 0.25) is 0 Å². The fourth-order valence-corrected chi connectivity index (χ4v) is 3.61. The van der Waals surface area contributed by atoms with E-state index in [2.05, 4.69) is 21.8 Å². The van der Waals surface area contributed by atoms with Gasteiger partial charge in [-0.3, -0.25) is 0 Å². The number of likely N-dealkylation sites (tertiary alicyclic amines) is 1. The van der Waals surface area contributed by atoms with E-state index in [1.165, 1.54) is 6.33 Å². The highest BCUT2D eigenvalue weighted by atomic mass is 16.6. The van der Waals surface area contributed by atoms with Crippen molar-refractivity contribution in [3.8, 4) is 23.3 Å². The van der Waals surface area contributed by atoms with Crippen LogP contribution in [0.1, 0.15) is 37.9 Å². The molecule has 0 radical (unpaired) electrons. The number of aromatic nitrogens is 3. The monoisotopic (exact) mass is 449 g/mol. The number of nitrogens with zero attached hydrogens (tertiary/aromatic N) is 4. The highest BCUT2D eigenvalue weighted by Crippen LogP contribution is 2.31. The number of methoxy groups -OCH3 is 2. The summed E-state index contributed by atoms with van der Waals surface area (Å²) in [5.74, 6) is 8.00. The van der Waals surface area contributed by atoms with Gasteiger partial charge in [0.15, 0.2) is 0 Å². The molecule has 1 amide bonds. The fourth-order valence-electron chi connectivity index (χ4n) is 3.61. The molecule has 3 heterocycles. The molecule has 2 aromatic heterocycles. The summed E-state index contributed by atoms with van der Waals surface area (Å²) in [4.78, 5) is 22.6. The van der Waals surface area contributed by atoms with E-state index in [1.54, 1.807) is 25.2 Å². The zero-order valence-electron chi connectivity index (χ0n) is 19.4. The minimum Gasteiger partial charge on any atom is -0.497 e. The summed E-state index contributed by atoms with van der Waals surface area (Å²) >= 11 is 0. The summed E-state index contributed by atoms with van der Waals surface area (Å²) in [5, 5.41) is 0.690. The molecule has 4 rings (SSSR count). The van der Waals surface area contributed by atoms with Crippen molar-refractivity contribution in [3.05, 3.63) is 41.9 Å². The number of nitrogens with two attached hydrogens (primary N) is 1. The van der Waals surface area contributed by atoms with Crippen LogP contribution in [0.25, 0.3) is 11.0 Å². The Morgan fingerprint density at radius 3 is 2.36 bits per heavy atom. The lowest BCUT2D eigenvalue weighted by Crippen LogP contribution is -2.52. The molecule has 0 atom stereocenters. The standard InChI is InChI=1S/C24H27N5O4/c1-24(2,3)33-23(30)28-12-17(13-28)29-11-16(20-21(25)26-14-27-22(20)29)7-6-15-8-18(31-4)10-19(9-15)32-5/h8-11,14,17H,12-13H2,1-5H3,(H2,25,26,27). The lowest BCUT2D eigenvalue weighted by atomic mass is 10.1. The number of carbonyl (C=O) groups is 1. The molecule has 1 aromatic carbocycles. The summed E-state index contributed by atoms with van der Waals surface area (Å²) < 4.78 is 18.1. The normalized spacial score (nSPS) is 13.8. The third-order valence-corrected chi connectivity index (χ3v) is 5.24. The van der Waals surface area contributed by atoms with Gasteiger partial charge in [0.25, 0.3) is 0 Å². The van der Waals surface area contributed by atoms with E-state index in [4.69, 9.17) is 19.9 Å². The van der Waals surface area contributed by atoms with E-state index < -0.39 is 5.60 Å². The van der Waals surface area contributed by atoms with Crippen LogP contribution >= 0.6 is 0 Å². The highest BCUT2D eigenvalue weighted by molar-refractivity contribution is 5.92. The minimum atomic E-state index is -0.532. The second kappa shape index (κ2) is 8.54. The Morgan fingerprint density at radius 1 is 1.09 bits per heavy atom. The highest BCUT2D eigenvalue weighted by Gasteiger charge is 2.36. The number of rotatable bonds is 3. The summed E-state index contributed by atoms with van der Waals surface area (Å²) in [6, 6.07) is 5.50. The van der Waals surface area contributed by atoms with Gasteiger partial charge in [0.05, 0.1) is 31.2 Å². The number of carbonyl (C=O) groups excluding carboxylic acids is 1. The van der Waals surface area contributed by atoms with Gasteiger partial charge in [-0.25, -0.2) is 14.8 Å². The number of fused-ring (bicyclic) bond motifs is 1. The van der Waals surface area contributed by atoms with E-state index in [-0.39, 0.29) is 12.1 Å². The van der Waals surface area contributed by atoms with Crippen molar-refractivity contribution in [1.82, 2.24) is 19.4 Å². The molecular weight excluding hydrogens is 422 g/mol. The molecule has 1 fully saturated rings. The quantitative estimate of drug-likeness (QED) is 0.612. The number of amides is 1. The fraction of sp³-hybridized carbons (Fsp3) is 0.375. The second-order valence-electron chi connectivity index (χ2n) is 8.80. The zero-order chi connectivity index (χ0) is 23.8. The van der Waals surface area contributed by atoms with Crippen molar-refractivity contribution in [3.63, 3.8) is 0 Å². The van der Waals surface area contributed by atoms with Gasteiger partial charge in [-0.1, -0.05) is 11.8 Å². The van der Waals surface area contributed by atoms with Crippen molar-refractivity contribution in [2.24, 2.45) is 0 Å². The van der Waals surface area contributed by atoms with Crippen LogP contribution in [-0.2, 0) is 4.74 Å². The van der Waals surface area contributed by atoms with E-state index in [0.717, 1.165) is 5.56 Å². The molecule has 9 heteroatoms. The van der Waals surface area contributed by atoms with E-state index in [0.29, 0.717) is 47.0 Å². The van der Waals surface area contributed by atoms with Crippen molar-refractivity contribution in [1.29, 1.82) is 0 Å². The Hall–Kier alpha value is -3.93. The van der Waals surface area contributed by atoms with Crippen LogP contribution in [0, 0.1) is 11.8 Å². The predicted molar refractivity (Wildman–Crippen MR) is 124 cm³/mol. The molecule has 0 spiro atoms. The summed E-state index contributed by atoms with van der Waals surface area (Å²) in [5.41, 5.74) is 7.78. The lowest BCUT2D eigenvalue weighted by Gasteiger charge is -2.40. The minimum absolute atomic E-state index is 0.0433. The largest absolute Gasteiger partial charge is 0.497 e. The van der Waals surface area contributed by atoms with Gasteiger partial charge in [0.2, 0.25) is 0 Å². The van der Waals surface area contributed by atoms with Crippen molar-refractivity contribution in [2.75, 3.05) is 33.0 Å². The Labute approximate surface area is 192 Å². The average Bonchev–Trinajstić information content (AvgIpc) is 3.09. The van der Waals surface area contributed by atoms with Gasteiger partial charge in [-0.05, 0) is 32.9 Å². The molecule has 1 aliphatic heterocycles. The third kappa shape index (κ3) is 4.65. The van der Waals surface area contributed by atoms with Gasteiger partial charge in [-0.2, -0.15) is 0 Å². The molecule has 0 unspecified atom stereocenters. The van der Waals surface area contributed by atoms with Crippen LogP contribution in [0.4, 0.5) is 10.6 Å². The Kier molecular flexibility index (Phi) is 5.77. The molecule has 172 valence electrons. The second-order valence-corrected chi connectivity index (χ2v) is 8.80. The average molecular weight is 450 g/mol. The molecule has 33 heavy (non-hydrogen) atoms. The SMILES string of the molecule is COc1cc(C#Cc2cn(C3CN(C(=O)OC(C)(C)C)C3)c3ncnc(N)c23)cc(OC)c1. The number of anilines is 1. The molecule has 1 saturated heterocycles. The van der Waals surface area contributed by atoms with Crippen LogP contribution in [0.15, 0.2) is 30.7 Å². The predicted octanol–water partition coefficient (Wildman–Crippen LogP) is 3.22. The number of hydrogen-bond donors (Lipinski definition) is 1. The first-order valence-electron chi connectivity index (χ1n) is 10.5. The molecule has 2 N–H and O–H groups in total. The van der Waals surface area contributed by atoms with E-state index in [9.17, 15) is 4.79 Å². The van der Waals surface area contributed by atoms with Crippen LogP contribution < -0.4 is 15.2 Å². The van der Waals surface area contributed by atoms with Gasteiger partial charge < -0.3 is 29.4 Å². The molecule has 3 aromatic rings. The maximum Gasteiger partial charge on any atom is 0.410 e. The van der Waals surface area contributed by atoms with Gasteiger partial charge in [0.1, 0.15) is 34.9 Å². The zero-order valence-corrected chi connectivity index (χ0v) is 19.4. The van der Waals surface area contributed by atoms with Crippen LogP contribution in [0.3, 0.4) is 0 Å². The number of ether oxygens (including phenoxy) is 3. The van der Waals surface area contributed by atoms with Gasteiger partial charge in [-0.15, -0.1) is 0 Å². The summed E-state index contributed by atoms with van der Waals surface area (Å²) in [7, 11) is 3.19. The third-order valence-electron chi connectivity index (χ3n) is 5.24. The Bertz CT molecular complexity index is 1240. The van der Waals surface area contributed by atoms with E-state index >= 15 is 0 Å². The maximum absolute atomic E-state index is 12.3. The summed E-state index contributed by atoms with van der Waals surface area (Å²) in [6.45, 7) is 6.59. The van der Waals surface area contributed by atoms with Gasteiger partial charge in [0, 0.05) is 30.9 Å². The lowest BCUT2D eigenvalue weighted by molar-refractivity contribution is 0.00151. The maximum atomic E-state index is 12.3. The molecule has 1 aliphatic rings. The number of hydrogen-bond acceptors (Lipinski definition) is 7. The number of nitrogen functional groups attached to an aromatic ring is 1. The van der Waals surface area contributed by atoms with Gasteiger partial charge >= 0.3 is 6.09 Å². The molecular formula is C24H27N5O4. The summed E-state index contributed by atoms with van der Waals surface area (Å²) in [6.07, 6.45) is 3.02. The Morgan fingerprint density at radius 2 is 1.76 bits per heavy atom. The van der Waals surface area contributed by atoms with Crippen LogP contribution in [0.5, 0.6) is 11.5 Å². The van der Waals surface area contributed by atoms with Crippen LogP contribution in [-0.4, -0.2) is 58.4 Å². The first-order valence-corrected chi connectivity index (χ1v) is 10.5. The molecule has 0 bridgehead atoms. The van der Waals surface area contributed by atoms with Crippen molar-refractivity contribution >= 4 is 22.9 Å². The first kappa shape index (κ1) is 22.3. The van der Waals surface area contributed by atoms with Crippen molar-refractivity contribution < 1.29 is 19.0 Å². The smallest absolute Gasteiger partial charge is 0.410 e. The van der Waals surface area contributed by atoms with Crippen molar-refractivity contribution in [2.45, 2.75) is 32.4 Å². The first-order chi connectivity index (χ1) is 15.7. The molecule has 9 nitrogen and oxygen atoms in total. The molecule has 0 aliphatic carbocycles. The topological polar surface area (TPSA) is 105 Å². The number of benzene rings is 1. The Balaban J connectivity index is 1.64. The van der Waals surface area contributed by atoms with E-state index in [1.807, 2.05) is 43.7 Å².